The van der Waals surface area contributed by atoms with Gasteiger partial charge in [-0.2, -0.15) is 0 Å². The van der Waals surface area contributed by atoms with Crippen molar-refractivity contribution in [3.05, 3.63) is 23.8 Å². The van der Waals surface area contributed by atoms with Gasteiger partial charge in [0.25, 0.3) is 0 Å². The lowest BCUT2D eigenvalue weighted by atomic mass is 9.82. The van der Waals surface area contributed by atoms with E-state index in [4.69, 9.17) is 4.74 Å². The minimum absolute atomic E-state index is 0.0915. The summed E-state index contributed by atoms with van der Waals surface area (Å²) in [5.41, 5.74) is 2.74. The van der Waals surface area contributed by atoms with Gasteiger partial charge in [-0.1, -0.05) is 12.1 Å². The number of para-hydroxylation sites is 1. The largest absolute Gasteiger partial charge is 0.485 e. The average Bonchev–Trinajstić information content (AvgIpc) is 2.27. The van der Waals surface area contributed by atoms with Crippen molar-refractivity contribution >= 4 is 5.69 Å². The van der Waals surface area contributed by atoms with Crippen LogP contribution in [-0.2, 0) is 6.42 Å². The van der Waals surface area contributed by atoms with Gasteiger partial charge in [0.1, 0.15) is 11.4 Å². The van der Waals surface area contributed by atoms with Crippen molar-refractivity contribution in [2.24, 2.45) is 0 Å². The topological polar surface area (TPSA) is 21.3 Å². The Hall–Kier alpha value is -1.18. The average molecular weight is 217 g/mol. The first-order valence-electron chi connectivity index (χ1n) is 6.32. The predicted octanol–water partition coefficient (Wildman–Crippen LogP) is 3.37. The third-order valence-electron chi connectivity index (χ3n) is 3.80. The molecule has 0 aromatic heterocycles. The number of ether oxygens (including phenoxy) is 1. The molecule has 1 heterocycles. The molecule has 0 spiro atoms. The van der Waals surface area contributed by atoms with E-state index in [0.29, 0.717) is 0 Å². The molecule has 86 valence electrons. The van der Waals surface area contributed by atoms with Crippen LogP contribution in [0.2, 0.25) is 0 Å². The van der Waals surface area contributed by atoms with Gasteiger partial charge in [0.2, 0.25) is 0 Å². The van der Waals surface area contributed by atoms with Crippen LogP contribution in [0.3, 0.4) is 0 Å². The van der Waals surface area contributed by atoms with Crippen LogP contribution < -0.4 is 10.1 Å². The van der Waals surface area contributed by atoms with Crippen LogP contribution in [0.25, 0.3) is 0 Å². The van der Waals surface area contributed by atoms with E-state index in [9.17, 15) is 0 Å². The molecular weight excluding hydrogens is 198 g/mol. The fourth-order valence-electron chi connectivity index (χ4n) is 2.61. The van der Waals surface area contributed by atoms with Crippen LogP contribution in [0.4, 0.5) is 5.69 Å². The Labute approximate surface area is 97.0 Å². The highest BCUT2D eigenvalue weighted by molar-refractivity contribution is 5.63. The maximum absolute atomic E-state index is 6.17. The molecule has 0 amide bonds. The zero-order chi connectivity index (χ0) is 11.0. The van der Waals surface area contributed by atoms with E-state index >= 15 is 0 Å². The lowest BCUT2D eigenvalue weighted by Gasteiger charge is -2.39. The van der Waals surface area contributed by atoms with Crippen LogP contribution in [0.5, 0.6) is 5.75 Å². The SMILES string of the molecule is CC1(Oc2cccc3c2NCCC3)CCC1. The second-order valence-corrected chi connectivity index (χ2v) is 5.23. The minimum Gasteiger partial charge on any atom is -0.485 e. The van der Waals surface area contributed by atoms with Crippen molar-refractivity contribution in [3.8, 4) is 5.75 Å². The molecule has 16 heavy (non-hydrogen) atoms. The second-order valence-electron chi connectivity index (χ2n) is 5.23. The fourth-order valence-corrected chi connectivity index (χ4v) is 2.61. The van der Waals surface area contributed by atoms with Crippen LogP contribution in [0.1, 0.15) is 38.2 Å². The summed E-state index contributed by atoms with van der Waals surface area (Å²) >= 11 is 0. The summed E-state index contributed by atoms with van der Waals surface area (Å²) < 4.78 is 6.17. The summed E-state index contributed by atoms with van der Waals surface area (Å²) in [5, 5.41) is 3.48. The molecule has 0 saturated heterocycles. The summed E-state index contributed by atoms with van der Waals surface area (Å²) in [5.74, 6) is 1.06. The number of aryl methyl sites for hydroxylation is 1. The van der Waals surface area contributed by atoms with Crippen molar-refractivity contribution in [1.29, 1.82) is 0 Å². The molecule has 1 saturated carbocycles. The van der Waals surface area contributed by atoms with Crippen molar-refractivity contribution in [2.75, 3.05) is 11.9 Å². The van der Waals surface area contributed by atoms with Crippen molar-refractivity contribution in [1.82, 2.24) is 0 Å². The monoisotopic (exact) mass is 217 g/mol. The summed E-state index contributed by atoms with van der Waals surface area (Å²) in [4.78, 5) is 0. The number of fused-ring (bicyclic) bond motifs is 1. The highest BCUT2D eigenvalue weighted by Gasteiger charge is 2.34. The first-order valence-corrected chi connectivity index (χ1v) is 6.32. The van der Waals surface area contributed by atoms with Gasteiger partial charge in [-0.05, 0) is 50.7 Å². The first kappa shape index (κ1) is 10.0. The standard InChI is InChI=1S/C14H19NO/c1-14(8-4-9-14)16-12-7-2-5-11-6-3-10-15-13(11)12/h2,5,7,15H,3-4,6,8-10H2,1H3. The molecule has 3 rings (SSSR count). The molecule has 0 bridgehead atoms. The minimum atomic E-state index is 0.0915. The molecule has 0 atom stereocenters. The molecule has 1 aliphatic carbocycles. The van der Waals surface area contributed by atoms with E-state index in [0.717, 1.165) is 12.3 Å². The molecule has 1 aromatic carbocycles. The van der Waals surface area contributed by atoms with E-state index in [1.807, 2.05) is 0 Å². The highest BCUT2D eigenvalue weighted by atomic mass is 16.5. The zero-order valence-electron chi connectivity index (χ0n) is 9.88. The van der Waals surface area contributed by atoms with E-state index in [1.54, 1.807) is 0 Å². The van der Waals surface area contributed by atoms with Gasteiger partial charge < -0.3 is 10.1 Å². The Morgan fingerprint density at radius 2 is 2.12 bits per heavy atom. The van der Waals surface area contributed by atoms with E-state index in [2.05, 4.69) is 30.4 Å². The summed E-state index contributed by atoms with van der Waals surface area (Å²) in [6.45, 7) is 3.29. The van der Waals surface area contributed by atoms with Gasteiger partial charge in [-0.25, -0.2) is 0 Å². The van der Waals surface area contributed by atoms with E-state index < -0.39 is 0 Å². The van der Waals surface area contributed by atoms with Crippen LogP contribution >= 0.6 is 0 Å². The Balaban J connectivity index is 1.88. The van der Waals surface area contributed by atoms with Crippen molar-refractivity contribution in [3.63, 3.8) is 0 Å². The van der Waals surface area contributed by atoms with Gasteiger partial charge >= 0.3 is 0 Å². The summed E-state index contributed by atoms with van der Waals surface area (Å²) in [6.07, 6.45) is 6.09. The number of hydrogen-bond acceptors (Lipinski definition) is 2. The number of anilines is 1. The maximum Gasteiger partial charge on any atom is 0.143 e. The predicted molar refractivity (Wildman–Crippen MR) is 66.1 cm³/mol. The van der Waals surface area contributed by atoms with Gasteiger partial charge in [0, 0.05) is 6.54 Å². The number of hydrogen-bond donors (Lipinski definition) is 1. The molecule has 0 unspecified atom stereocenters. The van der Waals surface area contributed by atoms with Crippen molar-refractivity contribution in [2.45, 2.75) is 44.6 Å². The lowest BCUT2D eigenvalue weighted by molar-refractivity contribution is 0.0118. The molecule has 2 heteroatoms. The molecule has 1 aliphatic heterocycles. The zero-order valence-corrected chi connectivity index (χ0v) is 9.88. The van der Waals surface area contributed by atoms with E-state index in [1.165, 1.54) is 43.4 Å². The van der Waals surface area contributed by atoms with Gasteiger partial charge in [0.15, 0.2) is 0 Å². The number of nitrogens with one attached hydrogen (secondary N) is 1. The summed E-state index contributed by atoms with van der Waals surface area (Å²) in [6, 6.07) is 6.42. The molecule has 1 fully saturated rings. The van der Waals surface area contributed by atoms with Crippen LogP contribution in [0.15, 0.2) is 18.2 Å². The quantitative estimate of drug-likeness (QED) is 0.820. The maximum atomic E-state index is 6.17. The second kappa shape index (κ2) is 3.69. The molecule has 1 aromatic rings. The molecule has 1 N–H and O–H groups in total. The van der Waals surface area contributed by atoms with Crippen LogP contribution in [0, 0.1) is 0 Å². The van der Waals surface area contributed by atoms with Crippen LogP contribution in [-0.4, -0.2) is 12.1 Å². The Bertz CT molecular complexity index is 396. The molecule has 2 nitrogen and oxygen atoms in total. The van der Waals surface area contributed by atoms with Gasteiger partial charge in [-0.15, -0.1) is 0 Å². The third kappa shape index (κ3) is 1.66. The van der Waals surface area contributed by atoms with Gasteiger partial charge in [-0.3, -0.25) is 0 Å². The Morgan fingerprint density at radius 1 is 1.25 bits per heavy atom. The first-order chi connectivity index (χ1) is 7.77. The Kier molecular flexibility index (Phi) is 2.31. The molecule has 0 radical (unpaired) electrons. The van der Waals surface area contributed by atoms with Gasteiger partial charge in [0.05, 0.1) is 5.69 Å². The van der Waals surface area contributed by atoms with E-state index in [-0.39, 0.29) is 5.60 Å². The Morgan fingerprint density at radius 3 is 2.88 bits per heavy atom. The molecular formula is C14H19NO. The fraction of sp³-hybridized carbons (Fsp3) is 0.571. The highest BCUT2D eigenvalue weighted by Crippen LogP contribution is 2.40. The molecule has 2 aliphatic rings. The number of benzene rings is 1. The number of rotatable bonds is 2. The third-order valence-corrected chi connectivity index (χ3v) is 3.80. The van der Waals surface area contributed by atoms with Crippen molar-refractivity contribution < 1.29 is 4.74 Å². The normalized spacial score (nSPS) is 21.6. The summed E-state index contributed by atoms with van der Waals surface area (Å²) in [7, 11) is 0. The lowest BCUT2D eigenvalue weighted by Crippen LogP contribution is -2.39. The smallest absolute Gasteiger partial charge is 0.143 e.